The number of benzene rings is 1. The summed E-state index contributed by atoms with van der Waals surface area (Å²) >= 11 is 0. The molecule has 1 fully saturated rings. The third-order valence-electron chi connectivity index (χ3n) is 2.85. The zero-order chi connectivity index (χ0) is 14.7. The predicted octanol–water partition coefficient (Wildman–Crippen LogP) is 0.787. The Morgan fingerprint density at radius 1 is 1.45 bits per heavy atom. The van der Waals surface area contributed by atoms with Gasteiger partial charge in [-0.1, -0.05) is 0 Å². The average Bonchev–Trinajstić information content (AvgIpc) is 2.85. The Balaban J connectivity index is 2.14. The molecule has 2 rings (SSSR count). The summed E-state index contributed by atoms with van der Waals surface area (Å²) in [7, 11) is 1.31. The van der Waals surface area contributed by atoms with Crippen molar-refractivity contribution in [3.63, 3.8) is 0 Å². The maximum absolute atomic E-state index is 11.8. The van der Waals surface area contributed by atoms with E-state index in [0.717, 1.165) is 6.07 Å². The van der Waals surface area contributed by atoms with Gasteiger partial charge in [0.25, 0.3) is 5.69 Å². The number of hydrogen-bond donors (Lipinski definition) is 1. The second kappa shape index (κ2) is 5.55. The lowest BCUT2D eigenvalue weighted by Gasteiger charge is -2.12. The number of methoxy groups -OCH3 is 1. The molecule has 1 atom stereocenters. The zero-order valence-electron chi connectivity index (χ0n) is 10.6. The van der Waals surface area contributed by atoms with Crippen molar-refractivity contribution < 1.29 is 24.0 Å². The number of nitro benzene ring substituents is 1. The van der Waals surface area contributed by atoms with E-state index >= 15 is 0 Å². The summed E-state index contributed by atoms with van der Waals surface area (Å²) in [6, 6.07) is 2.96. The lowest BCUT2D eigenvalue weighted by molar-refractivity contribution is -0.384. The quantitative estimate of drug-likeness (QED) is 0.378. The van der Waals surface area contributed by atoms with Crippen LogP contribution in [-0.4, -0.2) is 30.0 Å². The first-order valence-electron chi connectivity index (χ1n) is 5.84. The lowest BCUT2D eigenvalue weighted by atomic mass is 10.2. The topological polar surface area (TPSA) is 108 Å². The summed E-state index contributed by atoms with van der Waals surface area (Å²) in [5.74, 6) is -0.674. The van der Waals surface area contributed by atoms with E-state index in [1.165, 1.54) is 19.2 Å². The van der Waals surface area contributed by atoms with Crippen molar-refractivity contribution in [3.8, 4) is 11.5 Å². The van der Waals surface area contributed by atoms with Crippen molar-refractivity contribution in [2.45, 2.75) is 18.9 Å². The number of carbonyl (C=O) groups excluding carboxylic acids is 2. The molecule has 20 heavy (non-hydrogen) atoms. The van der Waals surface area contributed by atoms with Crippen LogP contribution in [-0.2, 0) is 9.59 Å². The van der Waals surface area contributed by atoms with Gasteiger partial charge in [-0.25, -0.2) is 4.79 Å². The molecule has 8 heteroatoms. The predicted molar refractivity (Wildman–Crippen MR) is 66.4 cm³/mol. The van der Waals surface area contributed by atoms with Crippen LogP contribution in [0.4, 0.5) is 5.69 Å². The minimum absolute atomic E-state index is 0.0734. The van der Waals surface area contributed by atoms with Crippen LogP contribution in [0.2, 0.25) is 0 Å². The summed E-state index contributed by atoms with van der Waals surface area (Å²) in [6.07, 6.45) is 0.643. The van der Waals surface area contributed by atoms with Crippen molar-refractivity contribution in [2.75, 3.05) is 7.11 Å². The van der Waals surface area contributed by atoms with Crippen molar-refractivity contribution in [1.29, 1.82) is 0 Å². The van der Waals surface area contributed by atoms with Crippen LogP contribution >= 0.6 is 0 Å². The number of nitrogens with zero attached hydrogens (tertiary/aromatic N) is 1. The van der Waals surface area contributed by atoms with Gasteiger partial charge in [-0.3, -0.25) is 14.9 Å². The number of nitro groups is 1. The molecule has 106 valence electrons. The molecule has 0 spiro atoms. The van der Waals surface area contributed by atoms with Gasteiger partial charge < -0.3 is 14.8 Å². The number of amides is 1. The fraction of sp³-hybridized carbons (Fsp3) is 0.333. The van der Waals surface area contributed by atoms with Gasteiger partial charge in [0.15, 0.2) is 11.5 Å². The number of carbonyl (C=O) groups is 2. The summed E-state index contributed by atoms with van der Waals surface area (Å²) < 4.78 is 10.1. The second-order valence-electron chi connectivity index (χ2n) is 4.17. The van der Waals surface area contributed by atoms with E-state index in [-0.39, 0.29) is 29.5 Å². The van der Waals surface area contributed by atoms with Crippen molar-refractivity contribution in [3.05, 3.63) is 28.3 Å². The number of esters is 1. The molecular weight excluding hydrogens is 268 g/mol. The van der Waals surface area contributed by atoms with Gasteiger partial charge in [0.2, 0.25) is 5.91 Å². The van der Waals surface area contributed by atoms with Gasteiger partial charge in [0, 0.05) is 12.5 Å². The third-order valence-corrected chi connectivity index (χ3v) is 2.85. The highest BCUT2D eigenvalue weighted by Gasteiger charge is 2.29. The number of non-ortho nitro benzene ring substituents is 1. The fourth-order valence-corrected chi connectivity index (χ4v) is 1.82. The Bertz CT molecular complexity index is 571. The Hall–Kier alpha value is -2.64. The van der Waals surface area contributed by atoms with Crippen LogP contribution in [0.25, 0.3) is 0 Å². The molecule has 0 radical (unpaired) electrons. The Kier molecular flexibility index (Phi) is 3.83. The first-order chi connectivity index (χ1) is 9.51. The van der Waals surface area contributed by atoms with E-state index in [2.05, 4.69) is 5.32 Å². The van der Waals surface area contributed by atoms with Gasteiger partial charge in [-0.15, -0.1) is 0 Å². The van der Waals surface area contributed by atoms with Gasteiger partial charge in [-0.2, -0.15) is 0 Å². The van der Waals surface area contributed by atoms with Crippen molar-refractivity contribution >= 4 is 17.6 Å². The Morgan fingerprint density at radius 3 is 2.75 bits per heavy atom. The largest absolute Gasteiger partial charge is 0.493 e. The highest BCUT2D eigenvalue weighted by Crippen LogP contribution is 2.31. The van der Waals surface area contributed by atoms with Crippen LogP contribution in [0.15, 0.2) is 18.2 Å². The Labute approximate surface area is 113 Å². The molecular formula is C12H12N2O6. The molecule has 1 aliphatic heterocycles. The summed E-state index contributed by atoms with van der Waals surface area (Å²) in [5.41, 5.74) is -0.171. The second-order valence-corrected chi connectivity index (χ2v) is 4.17. The summed E-state index contributed by atoms with van der Waals surface area (Å²) in [5, 5.41) is 13.1. The standard InChI is InChI=1S/C12H12N2O6/c1-19-10-6-7(14(17)18)2-4-9(10)20-12(16)8-3-5-11(15)13-8/h2,4,6,8H,3,5H2,1H3,(H,13,15)/t8-/m0/s1. The van der Waals surface area contributed by atoms with Crippen molar-refractivity contribution in [1.82, 2.24) is 5.32 Å². The maximum Gasteiger partial charge on any atom is 0.334 e. The molecule has 1 saturated heterocycles. The first-order valence-corrected chi connectivity index (χ1v) is 5.84. The van der Waals surface area contributed by atoms with E-state index in [1.807, 2.05) is 0 Å². The summed E-state index contributed by atoms with van der Waals surface area (Å²) in [4.78, 5) is 32.9. The number of hydrogen-bond acceptors (Lipinski definition) is 6. The van der Waals surface area contributed by atoms with Crippen molar-refractivity contribution in [2.24, 2.45) is 0 Å². The average molecular weight is 280 g/mol. The SMILES string of the molecule is COc1cc([N+](=O)[O-])ccc1OC(=O)[C@@H]1CCC(=O)N1. The molecule has 1 aromatic rings. The molecule has 0 saturated carbocycles. The number of nitrogens with one attached hydrogen (secondary N) is 1. The van der Waals surface area contributed by atoms with E-state index in [4.69, 9.17) is 9.47 Å². The molecule has 0 aromatic heterocycles. The minimum Gasteiger partial charge on any atom is -0.493 e. The molecule has 1 heterocycles. The van der Waals surface area contributed by atoms with Gasteiger partial charge >= 0.3 is 5.97 Å². The van der Waals surface area contributed by atoms with Gasteiger partial charge in [0.1, 0.15) is 6.04 Å². The van der Waals surface area contributed by atoms with Crippen LogP contribution in [0.1, 0.15) is 12.8 Å². The van der Waals surface area contributed by atoms with Crippen LogP contribution in [0, 0.1) is 10.1 Å². The molecule has 0 unspecified atom stereocenters. The van der Waals surface area contributed by atoms with Gasteiger partial charge in [0.05, 0.1) is 18.1 Å². The lowest BCUT2D eigenvalue weighted by Crippen LogP contribution is -2.36. The normalized spacial score (nSPS) is 17.4. The fourth-order valence-electron chi connectivity index (χ4n) is 1.82. The van der Waals surface area contributed by atoms with Gasteiger partial charge in [-0.05, 0) is 12.5 Å². The maximum atomic E-state index is 11.8. The molecule has 1 amide bonds. The van der Waals surface area contributed by atoms with E-state index in [1.54, 1.807) is 0 Å². The summed E-state index contributed by atoms with van der Waals surface area (Å²) in [6.45, 7) is 0. The molecule has 8 nitrogen and oxygen atoms in total. The zero-order valence-corrected chi connectivity index (χ0v) is 10.6. The monoisotopic (exact) mass is 280 g/mol. The highest BCUT2D eigenvalue weighted by atomic mass is 16.6. The van der Waals surface area contributed by atoms with Crippen LogP contribution in [0.5, 0.6) is 11.5 Å². The number of rotatable bonds is 4. The first kappa shape index (κ1) is 13.8. The van der Waals surface area contributed by atoms with E-state index in [0.29, 0.717) is 6.42 Å². The Morgan fingerprint density at radius 2 is 2.20 bits per heavy atom. The minimum atomic E-state index is -0.692. The van der Waals surface area contributed by atoms with Crippen LogP contribution < -0.4 is 14.8 Å². The smallest absolute Gasteiger partial charge is 0.334 e. The molecule has 0 aliphatic carbocycles. The molecule has 0 bridgehead atoms. The van der Waals surface area contributed by atoms with E-state index in [9.17, 15) is 19.7 Å². The third kappa shape index (κ3) is 2.85. The molecule has 1 aromatic carbocycles. The van der Waals surface area contributed by atoms with E-state index < -0.39 is 16.9 Å². The van der Waals surface area contributed by atoms with Crippen LogP contribution in [0.3, 0.4) is 0 Å². The molecule has 1 N–H and O–H groups in total. The highest BCUT2D eigenvalue weighted by molar-refractivity contribution is 5.89. The number of ether oxygens (including phenoxy) is 2. The molecule has 1 aliphatic rings.